The van der Waals surface area contributed by atoms with Gasteiger partial charge < -0.3 is 10.8 Å². The van der Waals surface area contributed by atoms with Gasteiger partial charge in [-0.2, -0.15) is 5.26 Å². The lowest BCUT2D eigenvalue weighted by molar-refractivity contribution is 0.824. The van der Waals surface area contributed by atoms with E-state index in [0.717, 1.165) is 40.1 Å². The number of imidazole rings is 1. The molecule has 0 aliphatic rings. The number of fused-ring (bicyclic) bond motifs is 3. The molecule has 2 aromatic carbocycles. The minimum Gasteiger partial charge on any atom is -0.412 e. The lowest BCUT2D eigenvalue weighted by Crippen LogP contribution is -2.07. The Hall–Kier alpha value is -3.36. The first-order valence-corrected chi connectivity index (χ1v) is 8.80. The third-order valence-electron chi connectivity index (χ3n) is 4.87. The van der Waals surface area contributed by atoms with Gasteiger partial charge in [-0.25, -0.2) is 4.98 Å². The fourth-order valence-electron chi connectivity index (χ4n) is 3.61. The van der Waals surface area contributed by atoms with Gasteiger partial charge in [0.2, 0.25) is 0 Å². The molecule has 136 valence electrons. The molecule has 4 rings (SSSR count). The molecule has 0 radical (unpaired) electrons. The fourth-order valence-corrected chi connectivity index (χ4v) is 3.61. The lowest BCUT2D eigenvalue weighted by atomic mass is 10.0. The van der Waals surface area contributed by atoms with Crippen LogP contribution in [0.15, 0.2) is 48.5 Å². The maximum absolute atomic E-state index is 9.75. The largest absolute Gasteiger partial charge is 0.412 e. The van der Waals surface area contributed by atoms with Crippen molar-refractivity contribution in [3.8, 4) is 6.07 Å². The van der Waals surface area contributed by atoms with E-state index in [1.165, 1.54) is 5.56 Å². The summed E-state index contributed by atoms with van der Waals surface area (Å²) < 4.78 is 2.09. The van der Waals surface area contributed by atoms with Gasteiger partial charge in [0.25, 0.3) is 0 Å². The first kappa shape index (κ1) is 18.4. The molecule has 3 N–H and O–H groups in total. The van der Waals surface area contributed by atoms with Gasteiger partial charge in [0.15, 0.2) is 5.65 Å². The number of nitrogens with zero attached hydrogens (tertiary/aromatic N) is 3. The normalized spacial score (nSPS) is 10.6. The molecule has 0 bridgehead atoms. The van der Waals surface area contributed by atoms with Crippen LogP contribution in [-0.4, -0.2) is 14.9 Å². The van der Waals surface area contributed by atoms with Gasteiger partial charge in [0, 0.05) is 5.69 Å². The van der Waals surface area contributed by atoms with Crippen molar-refractivity contribution in [3.63, 3.8) is 0 Å². The van der Waals surface area contributed by atoms with Gasteiger partial charge in [0.1, 0.15) is 11.9 Å². The van der Waals surface area contributed by atoms with Crippen LogP contribution in [0.3, 0.4) is 0 Å². The van der Waals surface area contributed by atoms with Crippen LogP contribution >= 0.6 is 0 Å². The number of rotatable bonds is 3. The van der Waals surface area contributed by atoms with Crippen LogP contribution in [0, 0.1) is 25.2 Å². The molecule has 5 nitrogen and oxygen atoms in total. The second-order valence-corrected chi connectivity index (χ2v) is 6.55. The van der Waals surface area contributed by atoms with E-state index < -0.39 is 0 Å². The molecule has 0 saturated carbocycles. The Morgan fingerprint density at radius 3 is 2.59 bits per heavy atom. The SMILES string of the molecule is CCc1c(C)c(C#N)c2nc3ccccc3n2c1Nc1cccc(C)c1.O. The van der Waals surface area contributed by atoms with Gasteiger partial charge in [0.05, 0.1) is 16.6 Å². The number of benzene rings is 2. The molecule has 4 aromatic rings. The number of para-hydroxylation sites is 2. The van der Waals surface area contributed by atoms with E-state index in [0.29, 0.717) is 11.2 Å². The molecular formula is C22H22N4O. The van der Waals surface area contributed by atoms with Crippen molar-refractivity contribution in [1.29, 1.82) is 5.26 Å². The molecule has 0 aliphatic carbocycles. The summed E-state index contributed by atoms with van der Waals surface area (Å²) in [5.74, 6) is 0.985. The highest BCUT2D eigenvalue weighted by Gasteiger charge is 2.19. The van der Waals surface area contributed by atoms with E-state index in [9.17, 15) is 5.26 Å². The summed E-state index contributed by atoms with van der Waals surface area (Å²) in [7, 11) is 0. The van der Waals surface area contributed by atoms with E-state index >= 15 is 0 Å². The Morgan fingerprint density at radius 2 is 1.89 bits per heavy atom. The van der Waals surface area contributed by atoms with Crippen molar-refractivity contribution >= 4 is 28.2 Å². The molecule has 2 aromatic heterocycles. The summed E-state index contributed by atoms with van der Waals surface area (Å²) in [5, 5.41) is 13.3. The highest BCUT2D eigenvalue weighted by molar-refractivity contribution is 5.87. The number of nitriles is 1. The molecular weight excluding hydrogens is 336 g/mol. The van der Waals surface area contributed by atoms with Crippen molar-refractivity contribution in [2.45, 2.75) is 27.2 Å². The number of anilines is 2. The topological polar surface area (TPSA) is 84.6 Å². The highest BCUT2D eigenvalue weighted by atomic mass is 16.0. The molecule has 0 aliphatic heterocycles. The summed E-state index contributed by atoms with van der Waals surface area (Å²) in [6, 6.07) is 18.7. The Kier molecular flexibility index (Phi) is 4.85. The molecule has 2 heterocycles. The van der Waals surface area contributed by atoms with Gasteiger partial charge in [-0.15, -0.1) is 0 Å². The second kappa shape index (κ2) is 7.10. The predicted octanol–water partition coefficient (Wildman–Crippen LogP) is 4.46. The third kappa shape index (κ3) is 2.90. The zero-order valence-electron chi connectivity index (χ0n) is 15.7. The summed E-state index contributed by atoms with van der Waals surface area (Å²) in [4.78, 5) is 4.74. The van der Waals surface area contributed by atoms with Gasteiger partial charge in [-0.3, -0.25) is 4.40 Å². The van der Waals surface area contributed by atoms with E-state index in [4.69, 9.17) is 4.98 Å². The van der Waals surface area contributed by atoms with Crippen molar-refractivity contribution in [3.05, 3.63) is 70.8 Å². The monoisotopic (exact) mass is 358 g/mol. The highest BCUT2D eigenvalue weighted by Crippen LogP contribution is 2.33. The average Bonchev–Trinajstić information content (AvgIpc) is 3.01. The number of aryl methyl sites for hydroxylation is 1. The van der Waals surface area contributed by atoms with Crippen LogP contribution in [0.4, 0.5) is 11.5 Å². The summed E-state index contributed by atoms with van der Waals surface area (Å²) in [6.45, 7) is 6.21. The number of hydrogen-bond acceptors (Lipinski definition) is 3. The molecule has 0 unspecified atom stereocenters. The molecule has 0 spiro atoms. The van der Waals surface area contributed by atoms with Crippen molar-refractivity contribution < 1.29 is 5.48 Å². The van der Waals surface area contributed by atoms with E-state index in [1.54, 1.807) is 0 Å². The Morgan fingerprint density at radius 1 is 1.11 bits per heavy atom. The van der Waals surface area contributed by atoms with Crippen LogP contribution in [-0.2, 0) is 6.42 Å². The average molecular weight is 358 g/mol. The summed E-state index contributed by atoms with van der Waals surface area (Å²) >= 11 is 0. The van der Waals surface area contributed by atoms with E-state index in [1.807, 2.05) is 37.3 Å². The molecule has 0 amide bonds. The van der Waals surface area contributed by atoms with E-state index in [-0.39, 0.29) is 5.48 Å². The van der Waals surface area contributed by atoms with Gasteiger partial charge in [-0.1, -0.05) is 31.2 Å². The predicted molar refractivity (Wildman–Crippen MR) is 110 cm³/mol. The minimum atomic E-state index is 0. The standard InChI is InChI=1S/C22H20N4.H2O/c1-4-17-15(3)18(13-23)22-25-19-10-5-6-11-20(19)26(22)21(17)24-16-9-7-8-14(2)12-16;/h5-12,24H,4H2,1-3H3;1H2. The Bertz CT molecular complexity index is 1180. The summed E-state index contributed by atoms with van der Waals surface area (Å²) in [6.07, 6.45) is 0.830. The van der Waals surface area contributed by atoms with Crippen LogP contribution < -0.4 is 5.32 Å². The van der Waals surface area contributed by atoms with E-state index in [2.05, 4.69) is 47.8 Å². The maximum atomic E-state index is 9.75. The minimum absolute atomic E-state index is 0. The summed E-state index contributed by atoms with van der Waals surface area (Å²) in [5.41, 5.74) is 7.61. The second-order valence-electron chi connectivity index (χ2n) is 6.55. The van der Waals surface area contributed by atoms with Crippen molar-refractivity contribution in [2.24, 2.45) is 0 Å². The zero-order valence-corrected chi connectivity index (χ0v) is 15.7. The van der Waals surface area contributed by atoms with Gasteiger partial charge >= 0.3 is 0 Å². The van der Waals surface area contributed by atoms with Gasteiger partial charge in [-0.05, 0) is 61.2 Å². The van der Waals surface area contributed by atoms with Crippen molar-refractivity contribution in [1.82, 2.24) is 9.38 Å². The molecule has 0 atom stereocenters. The maximum Gasteiger partial charge on any atom is 0.157 e. The fraction of sp³-hybridized carbons (Fsp3) is 0.182. The number of pyridine rings is 1. The third-order valence-corrected chi connectivity index (χ3v) is 4.87. The molecule has 5 heteroatoms. The number of aromatic nitrogens is 2. The molecule has 27 heavy (non-hydrogen) atoms. The van der Waals surface area contributed by atoms with Crippen LogP contribution in [0.1, 0.15) is 29.2 Å². The van der Waals surface area contributed by atoms with Crippen LogP contribution in [0.2, 0.25) is 0 Å². The van der Waals surface area contributed by atoms with Crippen LogP contribution in [0.5, 0.6) is 0 Å². The molecule has 0 saturated heterocycles. The first-order valence-electron chi connectivity index (χ1n) is 8.80. The Labute approximate surface area is 158 Å². The Balaban J connectivity index is 0.00000210. The zero-order chi connectivity index (χ0) is 18.3. The smallest absolute Gasteiger partial charge is 0.157 e. The molecule has 0 fully saturated rings. The van der Waals surface area contributed by atoms with Crippen molar-refractivity contribution in [2.75, 3.05) is 5.32 Å². The lowest BCUT2D eigenvalue weighted by Gasteiger charge is -2.18. The quantitative estimate of drug-likeness (QED) is 0.587. The van der Waals surface area contributed by atoms with Crippen LogP contribution in [0.25, 0.3) is 16.7 Å². The first-order chi connectivity index (χ1) is 12.6. The number of hydrogen-bond donors (Lipinski definition) is 1. The number of nitrogens with one attached hydrogen (secondary N) is 1.